The molecule has 1 aromatic rings. The Bertz CT molecular complexity index is 695. The normalized spacial score (nSPS) is 32.4. The number of hydrogen-bond donors (Lipinski definition) is 4. The number of nitrogen functional groups attached to an aromatic ring is 1. The summed E-state index contributed by atoms with van der Waals surface area (Å²) in [6.07, 6.45) is -5.24. The number of aliphatic hydroxyl groups excluding tert-OH is 2. The van der Waals surface area contributed by atoms with Gasteiger partial charge in [0.05, 0.1) is 6.10 Å². The zero-order chi connectivity index (χ0) is 16.7. The molecule has 1 aliphatic rings. The molecule has 0 aliphatic carbocycles. The van der Waals surface area contributed by atoms with Crippen molar-refractivity contribution in [3.8, 4) is 11.3 Å². The Kier molecular flexibility index (Phi) is 4.47. The zero-order valence-electron chi connectivity index (χ0n) is 11.9. The Labute approximate surface area is 131 Å². The number of aliphatic hydroxyl groups is 3. The average molecular weight is 330 g/mol. The number of nitrogens with zero attached hydrogens (tertiary/aromatic N) is 2. The second kappa shape index (κ2) is 5.87. The summed E-state index contributed by atoms with van der Waals surface area (Å²) in [5.74, 6) is 2.25. The lowest BCUT2D eigenvalue weighted by atomic mass is 9.93. The standard InChI is InChI=1S/C13H16ClN3O5/c1-6-5-8(15)16-12(20)17(6)11-13(21,3-4-14)10(19)9(22-11)7(2)18/h5,7,9-11,18-19,21H,1-2H3,(H2,15,16,20)/t7-,9+,10?,11+,13+/m0/s1. The van der Waals surface area contributed by atoms with Gasteiger partial charge in [0, 0.05) is 11.1 Å². The van der Waals surface area contributed by atoms with E-state index in [4.69, 9.17) is 22.1 Å². The Hall–Kier alpha value is -1.63. The van der Waals surface area contributed by atoms with Crippen LogP contribution in [0.4, 0.5) is 5.82 Å². The molecule has 0 saturated carbocycles. The zero-order valence-corrected chi connectivity index (χ0v) is 12.7. The first-order valence-corrected chi connectivity index (χ1v) is 6.82. The van der Waals surface area contributed by atoms with E-state index in [1.165, 1.54) is 13.0 Å². The number of ether oxygens (including phenoxy) is 1. The molecule has 8 nitrogen and oxygen atoms in total. The monoisotopic (exact) mass is 329 g/mol. The van der Waals surface area contributed by atoms with E-state index in [-0.39, 0.29) is 5.82 Å². The van der Waals surface area contributed by atoms with Crippen molar-refractivity contribution in [2.75, 3.05) is 5.73 Å². The van der Waals surface area contributed by atoms with Gasteiger partial charge in [-0.25, -0.2) is 4.79 Å². The van der Waals surface area contributed by atoms with E-state index in [1.54, 1.807) is 6.92 Å². The number of anilines is 1. The van der Waals surface area contributed by atoms with E-state index in [1.807, 2.05) is 5.38 Å². The van der Waals surface area contributed by atoms with Gasteiger partial charge in [0.1, 0.15) is 18.0 Å². The minimum absolute atomic E-state index is 0.0105. The molecule has 0 amide bonds. The van der Waals surface area contributed by atoms with Crippen LogP contribution >= 0.6 is 11.6 Å². The van der Waals surface area contributed by atoms with Crippen LogP contribution < -0.4 is 11.4 Å². The molecule has 9 heteroatoms. The van der Waals surface area contributed by atoms with E-state index in [9.17, 15) is 20.1 Å². The van der Waals surface area contributed by atoms with E-state index in [0.29, 0.717) is 5.69 Å². The molecule has 5 atom stereocenters. The van der Waals surface area contributed by atoms with Crippen LogP contribution in [0.25, 0.3) is 0 Å². The third kappa shape index (κ3) is 2.58. The molecule has 0 aromatic carbocycles. The molecule has 22 heavy (non-hydrogen) atoms. The molecule has 1 fully saturated rings. The van der Waals surface area contributed by atoms with Crippen molar-refractivity contribution in [3.05, 3.63) is 22.2 Å². The Balaban J connectivity index is 2.62. The number of aromatic nitrogens is 2. The molecule has 1 unspecified atom stereocenters. The number of halogens is 1. The topological polar surface area (TPSA) is 131 Å². The fraction of sp³-hybridized carbons (Fsp3) is 0.538. The Morgan fingerprint density at radius 1 is 1.64 bits per heavy atom. The van der Waals surface area contributed by atoms with E-state index < -0.39 is 35.8 Å². The highest BCUT2D eigenvalue weighted by atomic mass is 35.5. The summed E-state index contributed by atoms with van der Waals surface area (Å²) < 4.78 is 6.47. The number of aryl methyl sites for hydroxylation is 1. The fourth-order valence-corrected chi connectivity index (χ4v) is 2.64. The molecule has 0 bridgehead atoms. The summed E-state index contributed by atoms with van der Waals surface area (Å²) in [4.78, 5) is 15.6. The summed E-state index contributed by atoms with van der Waals surface area (Å²) in [6.45, 7) is 2.93. The smallest absolute Gasteiger partial charge is 0.351 e. The Morgan fingerprint density at radius 3 is 2.77 bits per heavy atom. The lowest BCUT2D eigenvalue weighted by Crippen LogP contribution is -2.49. The maximum Gasteiger partial charge on any atom is 0.351 e. The Morgan fingerprint density at radius 2 is 2.27 bits per heavy atom. The van der Waals surface area contributed by atoms with Crippen molar-refractivity contribution >= 4 is 17.4 Å². The minimum atomic E-state index is -2.18. The van der Waals surface area contributed by atoms with Crippen LogP contribution in [0.1, 0.15) is 18.8 Å². The molecular formula is C13H16ClN3O5. The molecule has 1 aliphatic heterocycles. The second-order valence-electron chi connectivity index (χ2n) is 5.16. The molecule has 0 radical (unpaired) electrons. The second-order valence-corrected chi connectivity index (χ2v) is 5.35. The highest BCUT2D eigenvalue weighted by molar-refractivity contribution is 6.30. The van der Waals surface area contributed by atoms with Crippen LogP contribution in [0.15, 0.2) is 10.9 Å². The molecule has 5 N–H and O–H groups in total. The van der Waals surface area contributed by atoms with Crippen molar-refractivity contribution in [1.29, 1.82) is 0 Å². The first-order valence-electron chi connectivity index (χ1n) is 6.44. The van der Waals surface area contributed by atoms with Crippen molar-refractivity contribution in [2.24, 2.45) is 0 Å². The summed E-state index contributed by atoms with van der Waals surface area (Å²) in [5, 5.41) is 32.5. The quantitative estimate of drug-likeness (QED) is 0.496. The number of hydrogen-bond acceptors (Lipinski definition) is 7. The highest BCUT2D eigenvalue weighted by Crippen LogP contribution is 2.39. The molecule has 1 saturated heterocycles. The third-order valence-corrected chi connectivity index (χ3v) is 3.64. The van der Waals surface area contributed by atoms with Gasteiger partial charge in [-0.15, -0.1) is 0 Å². The summed E-state index contributed by atoms with van der Waals surface area (Å²) >= 11 is 5.35. The largest absolute Gasteiger partial charge is 0.391 e. The first kappa shape index (κ1) is 16.7. The predicted molar refractivity (Wildman–Crippen MR) is 77.8 cm³/mol. The van der Waals surface area contributed by atoms with E-state index in [0.717, 1.165) is 4.57 Å². The lowest BCUT2D eigenvalue weighted by molar-refractivity contribution is -0.0891. The molecule has 120 valence electrons. The highest BCUT2D eigenvalue weighted by Gasteiger charge is 2.57. The minimum Gasteiger partial charge on any atom is -0.391 e. The SMILES string of the molecule is Cc1cc(N)nc(=O)n1[C@@H]1O[C@H]([C@H](C)O)C(O)[C@]1(O)C#CCl. The van der Waals surface area contributed by atoms with Gasteiger partial charge in [-0.1, -0.05) is 0 Å². The summed E-state index contributed by atoms with van der Waals surface area (Å²) in [5.41, 5.74) is 2.87. The molecular weight excluding hydrogens is 314 g/mol. The predicted octanol–water partition coefficient (Wildman–Crippen LogP) is -1.30. The van der Waals surface area contributed by atoms with Crippen molar-refractivity contribution in [1.82, 2.24) is 9.55 Å². The van der Waals surface area contributed by atoms with Crippen LogP contribution in [0.2, 0.25) is 0 Å². The number of rotatable bonds is 2. The maximum absolute atomic E-state index is 12.1. The van der Waals surface area contributed by atoms with Gasteiger partial charge in [0.15, 0.2) is 6.23 Å². The van der Waals surface area contributed by atoms with Crippen LogP contribution in [-0.4, -0.2) is 48.8 Å². The third-order valence-electron chi connectivity index (χ3n) is 3.55. The van der Waals surface area contributed by atoms with Crippen LogP contribution in [0.5, 0.6) is 0 Å². The van der Waals surface area contributed by atoms with Gasteiger partial charge in [0.25, 0.3) is 0 Å². The van der Waals surface area contributed by atoms with Crippen molar-refractivity contribution in [2.45, 2.75) is 44.0 Å². The molecule has 1 aromatic heterocycles. The molecule has 2 rings (SSSR count). The molecule has 2 heterocycles. The van der Waals surface area contributed by atoms with Gasteiger partial charge in [-0.2, -0.15) is 4.98 Å². The van der Waals surface area contributed by atoms with E-state index in [2.05, 4.69) is 10.9 Å². The average Bonchev–Trinajstić information content (AvgIpc) is 2.63. The van der Waals surface area contributed by atoms with Gasteiger partial charge in [-0.05, 0) is 37.4 Å². The van der Waals surface area contributed by atoms with Crippen molar-refractivity contribution in [3.63, 3.8) is 0 Å². The van der Waals surface area contributed by atoms with Gasteiger partial charge < -0.3 is 25.8 Å². The van der Waals surface area contributed by atoms with Crippen molar-refractivity contribution < 1.29 is 20.1 Å². The molecule has 0 spiro atoms. The number of nitrogens with two attached hydrogens (primary N) is 1. The summed E-state index contributed by atoms with van der Waals surface area (Å²) in [7, 11) is 0. The maximum atomic E-state index is 12.1. The van der Waals surface area contributed by atoms with Gasteiger partial charge >= 0.3 is 5.69 Å². The van der Waals surface area contributed by atoms with E-state index >= 15 is 0 Å². The van der Waals surface area contributed by atoms with Crippen LogP contribution in [-0.2, 0) is 4.74 Å². The van der Waals surface area contributed by atoms with Gasteiger partial charge in [-0.3, -0.25) is 4.57 Å². The van der Waals surface area contributed by atoms with Crippen LogP contribution in [0.3, 0.4) is 0 Å². The van der Waals surface area contributed by atoms with Crippen LogP contribution in [0, 0.1) is 18.2 Å². The lowest BCUT2D eigenvalue weighted by Gasteiger charge is -2.27. The first-order chi connectivity index (χ1) is 10.2. The van der Waals surface area contributed by atoms with Gasteiger partial charge in [0.2, 0.25) is 5.60 Å². The fourth-order valence-electron chi connectivity index (χ4n) is 2.49. The summed E-state index contributed by atoms with van der Waals surface area (Å²) in [6, 6.07) is 1.40.